The van der Waals surface area contributed by atoms with Gasteiger partial charge in [0.25, 0.3) is 0 Å². The Hall–Kier alpha value is -1.07. The number of hydrogen-bond donors (Lipinski definition) is 1. The fourth-order valence-electron chi connectivity index (χ4n) is 2.43. The second kappa shape index (κ2) is 7.80. The van der Waals surface area contributed by atoms with Crippen LogP contribution in [0.4, 0.5) is 0 Å². The van der Waals surface area contributed by atoms with Crippen LogP contribution >= 0.6 is 22.6 Å². The molecular formula is C18H22INO. The van der Waals surface area contributed by atoms with Gasteiger partial charge < -0.3 is 10.1 Å². The fourth-order valence-corrected chi connectivity index (χ4v) is 3.10. The molecule has 2 nitrogen and oxygen atoms in total. The Labute approximate surface area is 141 Å². The minimum atomic E-state index is 0.220. The molecule has 112 valence electrons. The normalized spacial score (nSPS) is 12.2. The van der Waals surface area contributed by atoms with Gasteiger partial charge in [-0.05, 0) is 71.8 Å². The van der Waals surface area contributed by atoms with Crippen molar-refractivity contribution in [3.63, 3.8) is 0 Å². The monoisotopic (exact) mass is 395 g/mol. The van der Waals surface area contributed by atoms with E-state index in [4.69, 9.17) is 4.74 Å². The van der Waals surface area contributed by atoms with E-state index in [0.717, 1.165) is 12.3 Å². The maximum atomic E-state index is 5.53. The Kier molecular flexibility index (Phi) is 6.06. The number of nitrogens with one attached hydrogen (secondary N) is 1. The molecule has 0 bridgehead atoms. The molecule has 3 heteroatoms. The highest BCUT2D eigenvalue weighted by Gasteiger charge is 2.16. The molecule has 0 fully saturated rings. The van der Waals surface area contributed by atoms with Crippen LogP contribution in [-0.2, 0) is 0 Å². The Bertz CT molecular complexity index is 580. The van der Waals surface area contributed by atoms with Crippen LogP contribution in [0.2, 0.25) is 0 Å². The van der Waals surface area contributed by atoms with E-state index in [1.165, 1.54) is 20.3 Å². The van der Waals surface area contributed by atoms with Crippen LogP contribution in [0.3, 0.4) is 0 Å². The third-order valence-electron chi connectivity index (χ3n) is 3.47. The van der Waals surface area contributed by atoms with E-state index in [2.05, 4.69) is 72.1 Å². The zero-order valence-corrected chi connectivity index (χ0v) is 15.0. The minimum absolute atomic E-state index is 0.220. The quantitative estimate of drug-likeness (QED) is 0.717. The summed E-state index contributed by atoms with van der Waals surface area (Å²) in [5, 5.41) is 3.59. The maximum Gasteiger partial charge on any atom is 0.119 e. The van der Waals surface area contributed by atoms with Crippen molar-refractivity contribution in [2.75, 3.05) is 13.2 Å². The molecular weight excluding hydrogens is 373 g/mol. The van der Waals surface area contributed by atoms with Crippen LogP contribution in [0.15, 0.2) is 42.5 Å². The smallest absolute Gasteiger partial charge is 0.119 e. The van der Waals surface area contributed by atoms with Gasteiger partial charge in [0.1, 0.15) is 5.75 Å². The largest absolute Gasteiger partial charge is 0.494 e. The Morgan fingerprint density at radius 3 is 2.43 bits per heavy atom. The number of ether oxygens (including phenoxy) is 1. The summed E-state index contributed by atoms with van der Waals surface area (Å²) in [5.41, 5.74) is 3.92. The number of aryl methyl sites for hydroxylation is 1. The van der Waals surface area contributed by atoms with Crippen LogP contribution in [-0.4, -0.2) is 13.2 Å². The van der Waals surface area contributed by atoms with Gasteiger partial charge in [-0.25, -0.2) is 0 Å². The van der Waals surface area contributed by atoms with Crippen LogP contribution < -0.4 is 10.1 Å². The molecule has 0 amide bonds. The van der Waals surface area contributed by atoms with Crippen molar-refractivity contribution < 1.29 is 4.74 Å². The molecule has 0 aliphatic heterocycles. The second-order valence-corrected chi connectivity index (χ2v) is 6.05. The van der Waals surface area contributed by atoms with Crippen molar-refractivity contribution in [1.29, 1.82) is 0 Å². The van der Waals surface area contributed by atoms with E-state index in [-0.39, 0.29) is 6.04 Å². The average molecular weight is 395 g/mol. The minimum Gasteiger partial charge on any atom is -0.494 e. The van der Waals surface area contributed by atoms with Gasteiger partial charge in [-0.15, -0.1) is 0 Å². The number of halogens is 1. The zero-order valence-electron chi connectivity index (χ0n) is 12.8. The van der Waals surface area contributed by atoms with Crippen molar-refractivity contribution in [2.24, 2.45) is 0 Å². The molecule has 2 aromatic carbocycles. The third kappa shape index (κ3) is 3.98. The lowest BCUT2D eigenvalue weighted by Gasteiger charge is -2.21. The van der Waals surface area contributed by atoms with Gasteiger partial charge in [0.05, 0.1) is 12.6 Å². The zero-order chi connectivity index (χ0) is 15.2. The van der Waals surface area contributed by atoms with E-state index in [9.17, 15) is 0 Å². The standard InChI is InChI=1S/C18H22INO/c1-4-20-18(16-8-6-7-13(3)17(16)19)14-9-11-15(12-10-14)21-5-2/h6-12,18,20H,4-5H2,1-3H3. The van der Waals surface area contributed by atoms with Gasteiger partial charge >= 0.3 is 0 Å². The highest BCUT2D eigenvalue weighted by molar-refractivity contribution is 14.1. The summed E-state index contributed by atoms with van der Waals surface area (Å²) >= 11 is 2.44. The van der Waals surface area contributed by atoms with Gasteiger partial charge in [-0.3, -0.25) is 0 Å². The van der Waals surface area contributed by atoms with E-state index in [1.807, 2.05) is 19.1 Å². The van der Waals surface area contributed by atoms with Crippen LogP contribution in [0.1, 0.15) is 36.6 Å². The summed E-state index contributed by atoms with van der Waals surface area (Å²) in [7, 11) is 0. The van der Waals surface area contributed by atoms with Crippen molar-refractivity contribution in [1.82, 2.24) is 5.32 Å². The van der Waals surface area contributed by atoms with E-state index in [0.29, 0.717) is 6.61 Å². The summed E-state index contributed by atoms with van der Waals surface area (Å²) < 4.78 is 6.86. The van der Waals surface area contributed by atoms with Crippen molar-refractivity contribution in [3.05, 3.63) is 62.7 Å². The summed E-state index contributed by atoms with van der Waals surface area (Å²) in [4.78, 5) is 0. The fraction of sp³-hybridized carbons (Fsp3) is 0.333. The van der Waals surface area contributed by atoms with Crippen LogP contribution in [0.5, 0.6) is 5.75 Å². The summed E-state index contributed by atoms with van der Waals surface area (Å²) in [6.07, 6.45) is 0. The lowest BCUT2D eigenvalue weighted by Crippen LogP contribution is -2.23. The Balaban J connectivity index is 2.36. The molecule has 0 saturated heterocycles. The summed E-state index contributed by atoms with van der Waals surface area (Å²) in [6.45, 7) is 7.94. The van der Waals surface area contributed by atoms with Crippen LogP contribution in [0.25, 0.3) is 0 Å². The molecule has 1 N–H and O–H groups in total. The van der Waals surface area contributed by atoms with E-state index in [1.54, 1.807) is 0 Å². The molecule has 1 unspecified atom stereocenters. The lowest BCUT2D eigenvalue weighted by atomic mass is 9.97. The summed E-state index contributed by atoms with van der Waals surface area (Å²) in [6, 6.07) is 15.1. The van der Waals surface area contributed by atoms with Crippen molar-refractivity contribution in [3.8, 4) is 5.75 Å². The van der Waals surface area contributed by atoms with Gasteiger partial charge in [0, 0.05) is 3.57 Å². The predicted molar refractivity (Wildman–Crippen MR) is 97.0 cm³/mol. The Morgan fingerprint density at radius 1 is 1.10 bits per heavy atom. The van der Waals surface area contributed by atoms with Crippen LogP contribution in [0, 0.1) is 10.5 Å². The summed E-state index contributed by atoms with van der Waals surface area (Å²) in [5.74, 6) is 0.926. The van der Waals surface area contributed by atoms with E-state index >= 15 is 0 Å². The SMILES string of the molecule is CCNC(c1ccc(OCC)cc1)c1cccc(C)c1I. The highest BCUT2D eigenvalue weighted by Crippen LogP contribution is 2.29. The second-order valence-electron chi connectivity index (χ2n) is 4.97. The first-order valence-electron chi connectivity index (χ1n) is 7.38. The maximum absolute atomic E-state index is 5.53. The van der Waals surface area contributed by atoms with Crippen molar-refractivity contribution in [2.45, 2.75) is 26.8 Å². The first-order valence-corrected chi connectivity index (χ1v) is 8.46. The average Bonchev–Trinajstić information content (AvgIpc) is 2.49. The first kappa shape index (κ1) is 16.3. The molecule has 0 aliphatic carbocycles. The molecule has 0 aromatic heterocycles. The molecule has 1 atom stereocenters. The molecule has 0 spiro atoms. The van der Waals surface area contributed by atoms with Crippen molar-refractivity contribution >= 4 is 22.6 Å². The molecule has 0 heterocycles. The molecule has 0 radical (unpaired) electrons. The molecule has 2 rings (SSSR count). The first-order chi connectivity index (χ1) is 10.2. The topological polar surface area (TPSA) is 21.3 Å². The molecule has 0 saturated carbocycles. The Morgan fingerprint density at radius 2 is 1.81 bits per heavy atom. The van der Waals surface area contributed by atoms with Gasteiger partial charge in [0.2, 0.25) is 0 Å². The molecule has 0 aliphatic rings. The lowest BCUT2D eigenvalue weighted by molar-refractivity contribution is 0.340. The van der Waals surface area contributed by atoms with Gasteiger partial charge in [-0.1, -0.05) is 37.3 Å². The molecule has 2 aromatic rings. The molecule has 21 heavy (non-hydrogen) atoms. The third-order valence-corrected chi connectivity index (χ3v) is 4.94. The highest BCUT2D eigenvalue weighted by atomic mass is 127. The van der Waals surface area contributed by atoms with E-state index < -0.39 is 0 Å². The predicted octanol–water partition coefficient (Wildman–Crippen LogP) is 4.70. The number of hydrogen-bond acceptors (Lipinski definition) is 2. The number of rotatable bonds is 6. The van der Waals surface area contributed by atoms with Gasteiger partial charge in [0.15, 0.2) is 0 Å². The van der Waals surface area contributed by atoms with Gasteiger partial charge in [-0.2, -0.15) is 0 Å². The number of benzene rings is 2.